The van der Waals surface area contributed by atoms with E-state index in [4.69, 9.17) is 4.74 Å². The molecule has 1 aliphatic heterocycles. The van der Waals surface area contributed by atoms with E-state index in [1.54, 1.807) is 36.4 Å². The normalized spacial score (nSPS) is 13.4. The largest absolute Gasteiger partial charge is 0.378 e. The maximum Gasteiger partial charge on any atom is 0.271 e. The van der Waals surface area contributed by atoms with Gasteiger partial charge in [-0.25, -0.2) is 0 Å². The molecule has 2 aromatic rings. The van der Waals surface area contributed by atoms with Crippen LogP contribution in [0.5, 0.6) is 0 Å². The lowest BCUT2D eigenvalue weighted by Gasteiger charge is -2.27. The fraction of sp³-hybridized carbons (Fsp3) is 0.350. The Morgan fingerprint density at radius 2 is 1.60 bits per heavy atom. The lowest BCUT2D eigenvalue weighted by atomic mass is 10.2. The average molecular weight is 412 g/mol. The van der Waals surface area contributed by atoms with Crippen molar-refractivity contribution >= 4 is 29.2 Å². The first-order chi connectivity index (χ1) is 14.5. The summed E-state index contributed by atoms with van der Waals surface area (Å²) in [6.07, 6.45) is 0. The van der Waals surface area contributed by atoms with Gasteiger partial charge in [-0.1, -0.05) is 0 Å². The Hall–Kier alpha value is -3.53. The van der Waals surface area contributed by atoms with Crippen molar-refractivity contribution in [2.24, 2.45) is 0 Å². The monoisotopic (exact) mass is 412 g/mol. The Balaban J connectivity index is 1.40. The van der Waals surface area contributed by atoms with Crippen molar-refractivity contribution < 1.29 is 19.1 Å². The summed E-state index contributed by atoms with van der Waals surface area (Å²) in [5.74, 6) is -0.0896. The molecule has 0 spiro atoms. The summed E-state index contributed by atoms with van der Waals surface area (Å²) in [6.45, 7) is 4.72. The maximum atomic E-state index is 12.2. The summed E-state index contributed by atoms with van der Waals surface area (Å²) in [7, 11) is 0. The van der Waals surface area contributed by atoms with E-state index in [-0.39, 0.29) is 36.5 Å². The van der Waals surface area contributed by atoms with Gasteiger partial charge >= 0.3 is 0 Å². The number of nitrogens with one attached hydrogen (secondary N) is 3. The van der Waals surface area contributed by atoms with E-state index in [0.717, 1.165) is 13.1 Å². The number of hydrogen-bond donors (Lipinski definition) is 3. The molecule has 0 unspecified atom stereocenters. The number of aromatic nitrogens is 2. The highest BCUT2D eigenvalue weighted by Gasteiger charge is 2.14. The fourth-order valence-electron chi connectivity index (χ4n) is 2.86. The Bertz CT molecular complexity index is 879. The van der Waals surface area contributed by atoms with Crippen molar-refractivity contribution in [2.45, 2.75) is 6.92 Å². The first kappa shape index (κ1) is 21.2. The molecule has 1 aromatic carbocycles. The highest BCUT2D eigenvalue weighted by molar-refractivity contribution is 5.95. The molecule has 10 heteroatoms. The van der Waals surface area contributed by atoms with Gasteiger partial charge in [-0.2, -0.15) is 0 Å². The van der Waals surface area contributed by atoms with Gasteiger partial charge in [-0.3, -0.25) is 14.4 Å². The van der Waals surface area contributed by atoms with Crippen LogP contribution in [-0.2, 0) is 9.53 Å². The molecule has 0 radical (unpaired) electrons. The van der Waals surface area contributed by atoms with Crippen molar-refractivity contribution in [2.75, 3.05) is 49.6 Å². The van der Waals surface area contributed by atoms with Crippen LogP contribution in [0.4, 0.5) is 11.5 Å². The molecule has 1 saturated heterocycles. The van der Waals surface area contributed by atoms with E-state index in [1.807, 2.05) is 0 Å². The summed E-state index contributed by atoms with van der Waals surface area (Å²) in [4.78, 5) is 37.4. The lowest BCUT2D eigenvalue weighted by Crippen LogP contribution is -2.37. The summed E-state index contributed by atoms with van der Waals surface area (Å²) < 4.78 is 5.30. The molecule has 1 fully saturated rings. The molecule has 10 nitrogen and oxygen atoms in total. The highest BCUT2D eigenvalue weighted by Crippen LogP contribution is 2.11. The number of amides is 3. The fourth-order valence-corrected chi connectivity index (χ4v) is 2.86. The van der Waals surface area contributed by atoms with Crippen molar-refractivity contribution in [1.82, 2.24) is 20.8 Å². The third-order valence-electron chi connectivity index (χ3n) is 4.38. The smallest absolute Gasteiger partial charge is 0.271 e. The quantitative estimate of drug-likeness (QED) is 0.563. The Kier molecular flexibility index (Phi) is 7.28. The maximum absolute atomic E-state index is 12.2. The number of anilines is 2. The van der Waals surface area contributed by atoms with Gasteiger partial charge < -0.3 is 25.6 Å². The summed E-state index contributed by atoms with van der Waals surface area (Å²) in [5.41, 5.74) is 1.29. The molecule has 0 aliphatic carbocycles. The number of nitrogens with zero attached hydrogens (tertiary/aromatic N) is 3. The van der Waals surface area contributed by atoms with E-state index in [0.29, 0.717) is 30.3 Å². The molecular formula is C20H24N6O4. The molecular weight excluding hydrogens is 388 g/mol. The topological polar surface area (TPSA) is 126 Å². The second-order valence-corrected chi connectivity index (χ2v) is 6.65. The van der Waals surface area contributed by atoms with Crippen LogP contribution in [0.15, 0.2) is 36.4 Å². The van der Waals surface area contributed by atoms with Gasteiger partial charge in [-0.15, -0.1) is 10.2 Å². The van der Waals surface area contributed by atoms with E-state index in [9.17, 15) is 14.4 Å². The standard InChI is InChI=1S/C20H24N6O4/c1-14(27)23-16-4-2-15(3-5-16)19(28)21-8-9-22-20(29)17-6-7-18(25-24-17)26-10-12-30-13-11-26/h2-7H,8-13H2,1H3,(H,21,28)(H,22,29)(H,23,27). The van der Waals surface area contributed by atoms with E-state index in [2.05, 4.69) is 31.0 Å². The van der Waals surface area contributed by atoms with Gasteiger partial charge in [0.1, 0.15) is 0 Å². The number of rotatable bonds is 7. The molecule has 2 heterocycles. The van der Waals surface area contributed by atoms with Crippen molar-refractivity contribution in [3.05, 3.63) is 47.7 Å². The van der Waals surface area contributed by atoms with Crippen LogP contribution >= 0.6 is 0 Å². The Morgan fingerprint density at radius 1 is 0.933 bits per heavy atom. The summed E-state index contributed by atoms with van der Waals surface area (Å²) in [5, 5.41) is 16.1. The lowest BCUT2D eigenvalue weighted by molar-refractivity contribution is -0.114. The number of hydrogen-bond acceptors (Lipinski definition) is 7. The third-order valence-corrected chi connectivity index (χ3v) is 4.38. The van der Waals surface area contributed by atoms with Gasteiger partial charge in [0.2, 0.25) is 5.91 Å². The van der Waals surface area contributed by atoms with Gasteiger partial charge in [0, 0.05) is 44.4 Å². The van der Waals surface area contributed by atoms with Gasteiger partial charge in [0.25, 0.3) is 11.8 Å². The first-order valence-corrected chi connectivity index (χ1v) is 9.63. The molecule has 3 amide bonds. The van der Waals surface area contributed by atoms with E-state index >= 15 is 0 Å². The SMILES string of the molecule is CC(=O)Nc1ccc(C(=O)NCCNC(=O)c2ccc(N3CCOCC3)nn2)cc1. The molecule has 0 atom stereocenters. The van der Waals surface area contributed by atoms with Gasteiger partial charge in [0.15, 0.2) is 11.5 Å². The average Bonchev–Trinajstić information content (AvgIpc) is 2.77. The Morgan fingerprint density at radius 3 is 2.20 bits per heavy atom. The van der Waals surface area contributed by atoms with E-state index < -0.39 is 0 Å². The zero-order valence-electron chi connectivity index (χ0n) is 16.7. The number of benzene rings is 1. The second kappa shape index (κ2) is 10.3. The van der Waals surface area contributed by atoms with Crippen LogP contribution in [0.2, 0.25) is 0 Å². The van der Waals surface area contributed by atoms with Crippen molar-refractivity contribution in [3.63, 3.8) is 0 Å². The molecule has 1 aromatic heterocycles. The van der Waals surface area contributed by atoms with Crippen LogP contribution < -0.4 is 20.9 Å². The van der Waals surface area contributed by atoms with Crippen LogP contribution in [0.3, 0.4) is 0 Å². The third kappa shape index (κ3) is 5.98. The minimum absolute atomic E-state index is 0.177. The predicted octanol–water partition coefficient (Wildman–Crippen LogP) is 0.431. The number of carbonyl (C=O) groups is 3. The number of ether oxygens (including phenoxy) is 1. The molecule has 1 aliphatic rings. The van der Waals surface area contributed by atoms with Crippen LogP contribution in [0.25, 0.3) is 0 Å². The van der Waals surface area contributed by atoms with Crippen LogP contribution in [0.1, 0.15) is 27.8 Å². The molecule has 0 saturated carbocycles. The molecule has 30 heavy (non-hydrogen) atoms. The van der Waals surface area contributed by atoms with Crippen molar-refractivity contribution in [1.29, 1.82) is 0 Å². The van der Waals surface area contributed by atoms with E-state index in [1.165, 1.54) is 6.92 Å². The molecule has 158 valence electrons. The summed E-state index contributed by atoms with van der Waals surface area (Å²) in [6, 6.07) is 9.92. The van der Waals surface area contributed by atoms with Crippen molar-refractivity contribution in [3.8, 4) is 0 Å². The molecule has 3 N–H and O–H groups in total. The molecule has 0 bridgehead atoms. The minimum atomic E-state index is -0.357. The van der Waals surface area contributed by atoms with Gasteiger partial charge in [0.05, 0.1) is 13.2 Å². The number of morpholine rings is 1. The van der Waals surface area contributed by atoms with Gasteiger partial charge in [-0.05, 0) is 36.4 Å². The molecule has 3 rings (SSSR count). The highest BCUT2D eigenvalue weighted by atomic mass is 16.5. The first-order valence-electron chi connectivity index (χ1n) is 9.63. The zero-order chi connectivity index (χ0) is 21.3. The second-order valence-electron chi connectivity index (χ2n) is 6.65. The minimum Gasteiger partial charge on any atom is -0.378 e. The predicted molar refractivity (Wildman–Crippen MR) is 110 cm³/mol. The van der Waals surface area contributed by atoms with Crippen LogP contribution in [-0.4, -0.2) is 67.3 Å². The Labute approximate surface area is 174 Å². The number of carbonyl (C=O) groups excluding carboxylic acids is 3. The zero-order valence-corrected chi connectivity index (χ0v) is 16.7. The summed E-state index contributed by atoms with van der Waals surface area (Å²) >= 11 is 0. The van der Waals surface area contributed by atoms with Crippen LogP contribution in [0, 0.1) is 0 Å².